The lowest BCUT2D eigenvalue weighted by Gasteiger charge is -2.35. The minimum absolute atomic E-state index is 0. The molecule has 0 atom stereocenters. The van der Waals surface area contributed by atoms with Gasteiger partial charge >= 0.3 is 0 Å². The predicted octanol–water partition coefficient (Wildman–Crippen LogP) is 1.66. The van der Waals surface area contributed by atoms with E-state index in [0.29, 0.717) is 30.0 Å². The summed E-state index contributed by atoms with van der Waals surface area (Å²) in [4.78, 5) is 21.1. The second-order valence-corrected chi connectivity index (χ2v) is 5.81. The molecule has 1 aliphatic rings. The molecule has 1 fully saturated rings. The number of guanidine groups is 1. The molecule has 2 aromatic rings. The minimum atomic E-state index is 0. The number of aromatic nitrogens is 3. The molecule has 1 saturated heterocycles. The second kappa shape index (κ2) is 10.3. The van der Waals surface area contributed by atoms with Crippen LogP contribution in [0.2, 0.25) is 5.02 Å². The highest BCUT2D eigenvalue weighted by Gasteiger charge is 2.19. The number of aliphatic imine (C=N–C) groups is 1. The largest absolute Gasteiger partial charge is 0.475 e. The molecule has 0 spiro atoms. The zero-order valence-electron chi connectivity index (χ0n) is 14.2. The van der Waals surface area contributed by atoms with E-state index in [9.17, 15) is 0 Å². The zero-order valence-corrected chi connectivity index (χ0v) is 17.2. The van der Waals surface area contributed by atoms with Crippen LogP contribution in [0.3, 0.4) is 0 Å². The normalized spacial score (nSPS) is 14.7. The molecule has 2 aromatic heterocycles. The Kier molecular flexibility index (Phi) is 8.10. The third kappa shape index (κ3) is 5.56. The fourth-order valence-electron chi connectivity index (χ4n) is 2.47. The van der Waals surface area contributed by atoms with Crippen LogP contribution in [0.25, 0.3) is 0 Å². The van der Waals surface area contributed by atoms with Gasteiger partial charge < -0.3 is 20.3 Å². The smallest absolute Gasteiger partial charge is 0.232 e. The molecule has 0 aromatic carbocycles. The fourth-order valence-corrected chi connectivity index (χ4v) is 2.65. The maximum atomic E-state index is 6.07. The fraction of sp³-hybridized carbons (Fsp3) is 0.375. The van der Waals surface area contributed by atoms with Crippen LogP contribution in [0.4, 0.5) is 5.95 Å². The summed E-state index contributed by atoms with van der Waals surface area (Å²) in [7, 11) is 0. The zero-order chi connectivity index (χ0) is 17.5. The molecule has 0 radical (unpaired) electrons. The minimum Gasteiger partial charge on any atom is -0.475 e. The van der Waals surface area contributed by atoms with Crippen LogP contribution in [0.5, 0.6) is 5.88 Å². The number of nitrogens with zero attached hydrogens (tertiary/aromatic N) is 6. The molecule has 2 N–H and O–H groups in total. The Morgan fingerprint density at radius 1 is 1.12 bits per heavy atom. The molecule has 0 bridgehead atoms. The summed E-state index contributed by atoms with van der Waals surface area (Å²) in [5.74, 6) is 1.68. The van der Waals surface area contributed by atoms with Gasteiger partial charge in [-0.1, -0.05) is 11.6 Å². The van der Waals surface area contributed by atoms with E-state index in [4.69, 9.17) is 22.1 Å². The van der Waals surface area contributed by atoms with Gasteiger partial charge in [-0.3, -0.25) is 0 Å². The Morgan fingerprint density at radius 3 is 2.50 bits per heavy atom. The highest BCUT2D eigenvalue weighted by atomic mass is 127. The molecule has 8 nitrogen and oxygen atoms in total. The van der Waals surface area contributed by atoms with Crippen LogP contribution in [0.1, 0.15) is 0 Å². The van der Waals surface area contributed by atoms with Crippen LogP contribution < -0.4 is 15.4 Å². The number of piperazine rings is 1. The molecule has 0 unspecified atom stereocenters. The third-order valence-corrected chi connectivity index (χ3v) is 4.05. The number of ether oxygens (including phenoxy) is 1. The van der Waals surface area contributed by atoms with Gasteiger partial charge in [-0.2, -0.15) is 0 Å². The summed E-state index contributed by atoms with van der Waals surface area (Å²) in [6, 6.07) is 5.30. The quantitative estimate of drug-likeness (QED) is 0.295. The molecule has 26 heavy (non-hydrogen) atoms. The lowest BCUT2D eigenvalue weighted by Crippen LogP contribution is -2.51. The molecule has 0 amide bonds. The average Bonchev–Trinajstić information content (AvgIpc) is 2.67. The van der Waals surface area contributed by atoms with E-state index in [2.05, 4.69) is 24.8 Å². The molecule has 10 heteroatoms. The molecular weight excluding hydrogens is 469 g/mol. The summed E-state index contributed by atoms with van der Waals surface area (Å²) in [6.45, 7) is 3.98. The molecule has 1 aliphatic heterocycles. The molecule has 0 aliphatic carbocycles. The van der Waals surface area contributed by atoms with Crippen molar-refractivity contribution in [2.24, 2.45) is 10.7 Å². The first-order valence-corrected chi connectivity index (χ1v) is 8.42. The van der Waals surface area contributed by atoms with Crippen molar-refractivity contribution in [2.45, 2.75) is 0 Å². The van der Waals surface area contributed by atoms with Crippen molar-refractivity contribution in [1.29, 1.82) is 0 Å². The molecule has 3 rings (SSSR count). The third-order valence-electron chi connectivity index (χ3n) is 3.77. The van der Waals surface area contributed by atoms with Gasteiger partial charge in [0.05, 0.1) is 6.54 Å². The number of nitrogens with two attached hydrogens (primary N) is 1. The molecule has 3 heterocycles. The Bertz CT molecular complexity index is 711. The van der Waals surface area contributed by atoms with Gasteiger partial charge in [0, 0.05) is 44.8 Å². The van der Waals surface area contributed by atoms with Crippen molar-refractivity contribution in [3.8, 4) is 5.88 Å². The van der Waals surface area contributed by atoms with Crippen LogP contribution in [0.15, 0.2) is 41.8 Å². The van der Waals surface area contributed by atoms with E-state index < -0.39 is 0 Å². The molecular formula is C16H21ClIN7O. The van der Waals surface area contributed by atoms with Crippen molar-refractivity contribution in [1.82, 2.24) is 19.9 Å². The Balaban J connectivity index is 0.00000243. The first-order chi connectivity index (χ1) is 12.2. The van der Waals surface area contributed by atoms with Crippen LogP contribution >= 0.6 is 35.6 Å². The second-order valence-electron chi connectivity index (χ2n) is 5.40. The maximum absolute atomic E-state index is 6.07. The lowest BCUT2D eigenvalue weighted by atomic mass is 10.3. The number of hydrogen-bond donors (Lipinski definition) is 1. The summed E-state index contributed by atoms with van der Waals surface area (Å²) in [5, 5.41) is 0.485. The van der Waals surface area contributed by atoms with Crippen molar-refractivity contribution in [2.75, 3.05) is 44.2 Å². The Morgan fingerprint density at radius 2 is 1.81 bits per heavy atom. The van der Waals surface area contributed by atoms with Gasteiger partial charge in [0.2, 0.25) is 11.8 Å². The van der Waals surface area contributed by atoms with Gasteiger partial charge in [-0.25, -0.2) is 19.9 Å². The number of anilines is 1. The highest BCUT2D eigenvalue weighted by Crippen LogP contribution is 2.19. The number of hydrogen-bond acceptors (Lipinski definition) is 6. The monoisotopic (exact) mass is 489 g/mol. The van der Waals surface area contributed by atoms with Crippen molar-refractivity contribution < 1.29 is 4.74 Å². The van der Waals surface area contributed by atoms with Gasteiger partial charge in [-0.05, 0) is 18.2 Å². The van der Waals surface area contributed by atoms with Crippen LogP contribution in [0, 0.1) is 0 Å². The molecule has 0 saturated carbocycles. The first kappa shape index (κ1) is 20.4. The van der Waals surface area contributed by atoms with E-state index in [1.54, 1.807) is 30.7 Å². The van der Waals surface area contributed by atoms with Gasteiger partial charge in [0.1, 0.15) is 11.6 Å². The Hall–Kier alpha value is -1.88. The maximum Gasteiger partial charge on any atom is 0.232 e. The van der Waals surface area contributed by atoms with Crippen LogP contribution in [-0.2, 0) is 0 Å². The summed E-state index contributed by atoms with van der Waals surface area (Å²) < 4.78 is 5.50. The van der Waals surface area contributed by atoms with E-state index in [0.717, 1.165) is 32.1 Å². The topological polar surface area (TPSA) is 92.8 Å². The summed E-state index contributed by atoms with van der Waals surface area (Å²) >= 11 is 5.98. The SMILES string of the molecule is I.NC(=NCCOc1ncccc1Cl)N1CCN(c2ncccn2)CC1. The molecule has 140 valence electrons. The van der Waals surface area contributed by atoms with Crippen LogP contribution in [-0.4, -0.2) is 65.1 Å². The average molecular weight is 490 g/mol. The lowest BCUT2D eigenvalue weighted by molar-refractivity contribution is 0.314. The summed E-state index contributed by atoms with van der Waals surface area (Å²) in [6.07, 6.45) is 5.13. The van der Waals surface area contributed by atoms with Gasteiger partial charge in [-0.15, -0.1) is 24.0 Å². The van der Waals surface area contributed by atoms with Gasteiger partial charge in [0.15, 0.2) is 5.96 Å². The van der Waals surface area contributed by atoms with Gasteiger partial charge in [0.25, 0.3) is 0 Å². The van der Waals surface area contributed by atoms with E-state index in [1.165, 1.54) is 0 Å². The first-order valence-electron chi connectivity index (χ1n) is 8.04. The Labute approximate surface area is 174 Å². The summed E-state index contributed by atoms with van der Waals surface area (Å²) in [5.41, 5.74) is 6.07. The highest BCUT2D eigenvalue weighted by molar-refractivity contribution is 14.0. The van der Waals surface area contributed by atoms with Crippen molar-refractivity contribution in [3.63, 3.8) is 0 Å². The van der Waals surface area contributed by atoms with Crippen molar-refractivity contribution >= 4 is 47.5 Å². The number of pyridine rings is 1. The van der Waals surface area contributed by atoms with E-state index in [-0.39, 0.29) is 24.0 Å². The standard InChI is InChI=1S/C16H20ClN7O.HI/c17-13-3-1-4-19-14(13)25-12-7-20-15(18)23-8-10-24(11-9-23)16-21-5-2-6-22-16;/h1-6H,7-12H2,(H2,18,20);1H. The number of rotatable bonds is 5. The van der Waals surface area contributed by atoms with E-state index >= 15 is 0 Å². The number of halogens is 2. The van der Waals surface area contributed by atoms with Crippen molar-refractivity contribution in [3.05, 3.63) is 41.8 Å². The predicted molar refractivity (Wildman–Crippen MR) is 112 cm³/mol. The van der Waals surface area contributed by atoms with E-state index in [1.807, 2.05) is 11.0 Å².